The van der Waals surface area contributed by atoms with Crippen molar-refractivity contribution in [1.82, 2.24) is 35.4 Å². The van der Waals surface area contributed by atoms with Gasteiger partial charge in [-0.3, -0.25) is 34.2 Å². The van der Waals surface area contributed by atoms with Crippen LogP contribution >= 0.6 is 15.9 Å². The van der Waals surface area contributed by atoms with E-state index < -0.39 is 29.7 Å². The second kappa shape index (κ2) is 17.0. The normalized spacial score (nSPS) is 18.9. The number of carbonyl (C=O) groups excluding carboxylic acids is 5. The van der Waals surface area contributed by atoms with E-state index in [1.807, 2.05) is 24.5 Å². The van der Waals surface area contributed by atoms with Gasteiger partial charge in [-0.1, -0.05) is 43.5 Å². The second-order valence-corrected chi connectivity index (χ2v) is 15.1. The van der Waals surface area contributed by atoms with Crippen molar-refractivity contribution in [2.75, 3.05) is 32.8 Å². The first kappa shape index (κ1) is 37.4. The van der Waals surface area contributed by atoms with Crippen molar-refractivity contribution in [3.63, 3.8) is 0 Å². The van der Waals surface area contributed by atoms with Gasteiger partial charge in [0.05, 0.1) is 21.3 Å². The van der Waals surface area contributed by atoms with E-state index in [2.05, 4.69) is 53.6 Å². The predicted molar refractivity (Wildman–Crippen MR) is 205 cm³/mol. The van der Waals surface area contributed by atoms with Crippen LogP contribution in [-0.4, -0.2) is 93.1 Å². The first-order chi connectivity index (χ1) is 26.3. The maximum absolute atomic E-state index is 13.2. The summed E-state index contributed by atoms with van der Waals surface area (Å²) >= 11 is 3.67. The van der Waals surface area contributed by atoms with E-state index in [1.54, 1.807) is 6.07 Å². The number of ether oxygens (including phenoxy) is 1. The Morgan fingerprint density at radius 2 is 1.80 bits per heavy atom. The monoisotopic (exact) mass is 797 g/mol. The molecule has 0 radical (unpaired) electrons. The molecule has 14 heteroatoms. The van der Waals surface area contributed by atoms with Gasteiger partial charge in [-0.25, -0.2) is 9.97 Å². The van der Waals surface area contributed by atoms with Crippen LogP contribution in [0.4, 0.5) is 0 Å². The van der Waals surface area contributed by atoms with Gasteiger partial charge in [-0.05, 0) is 85.2 Å². The van der Waals surface area contributed by atoms with Crippen LogP contribution in [0.1, 0.15) is 84.3 Å². The number of H-pyrrole nitrogens is 1. The zero-order valence-electron chi connectivity index (χ0n) is 30.1. The molecule has 1 unspecified atom stereocenters. The molecule has 2 fully saturated rings. The number of benzene rings is 2. The molecule has 0 bridgehead atoms. The van der Waals surface area contributed by atoms with Crippen LogP contribution in [-0.2, 0) is 20.8 Å². The van der Waals surface area contributed by atoms with E-state index in [0.29, 0.717) is 12.5 Å². The number of nitrogens with one attached hydrogen (secondary N) is 3. The molecule has 5 heterocycles. The van der Waals surface area contributed by atoms with Crippen LogP contribution in [0.15, 0.2) is 59.3 Å². The number of aromatic amines is 1. The Hall–Kier alpha value is -4.95. The van der Waals surface area contributed by atoms with Crippen LogP contribution in [0, 0.1) is 5.92 Å². The molecular weight excluding hydrogens is 754 g/mol. The van der Waals surface area contributed by atoms with Gasteiger partial charge in [0.25, 0.3) is 17.7 Å². The van der Waals surface area contributed by atoms with Gasteiger partial charge in [-0.2, -0.15) is 0 Å². The molecule has 2 aromatic heterocycles. The Labute approximate surface area is 321 Å². The summed E-state index contributed by atoms with van der Waals surface area (Å²) < 4.78 is 6.57. The van der Waals surface area contributed by atoms with Gasteiger partial charge >= 0.3 is 0 Å². The fourth-order valence-electron chi connectivity index (χ4n) is 7.75. The maximum Gasteiger partial charge on any atom is 0.266 e. The van der Waals surface area contributed by atoms with Crippen LogP contribution in [0.2, 0.25) is 0 Å². The summed E-state index contributed by atoms with van der Waals surface area (Å²) in [5.74, 6) is -1.22. The second-order valence-electron chi connectivity index (χ2n) is 14.3. The summed E-state index contributed by atoms with van der Waals surface area (Å²) in [5, 5.41) is 6.20. The molecule has 7 rings (SSSR count). The van der Waals surface area contributed by atoms with Crippen molar-refractivity contribution in [2.45, 2.75) is 70.3 Å². The summed E-state index contributed by atoms with van der Waals surface area (Å²) in [6, 6.07) is 11.8. The molecule has 0 aliphatic carbocycles. The number of hydrogen-bond donors (Lipinski definition) is 3. The van der Waals surface area contributed by atoms with Gasteiger partial charge in [0.15, 0.2) is 6.61 Å². The summed E-state index contributed by atoms with van der Waals surface area (Å²) in [7, 11) is 0. The Morgan fingerprint density at radius 1 is 0.963 bits per heavy atom. The molecule has 13 nitrogen and oxygen atoms in total. The fourth-order valence-corrected chi connectivity index (χ4v) is 8.16. The van der Waals surface area contributed by atoms with Crippen molar-refractivity contribution < 1.29 is 28.7 Å². The van der Waals surface area contributed by atoms with Crippen molar-refractivity contribution in [2.24, 2.45) is 5.92 Å². The highest BCUT2D eigenvalue weighted by atomic mass is 79.9. The summed E-state index contributed by atoms with van der Waals surface area (Å²) in [4.78, 5) is 79.2. The zero-order chi connectivity index (χ0) is 37.6. The van der Waals surface area contributed by atoms with Crippen molar-refractivity contribution in [1.29, 1.82) is 0 Å². The minimum Gasteiger partial charge on any atom is -0.483 e. The summed E-state index contributed by atoms with van der Waals surface area (Å²) in [6.07, 6.45) is 12.4. The van der Waals surface area contributed by atoms with E-state index >= 15 is 0 Å². The molecule has 282 valence electrons. The van der Waals surface area contributed by atoms with Gasteiger partial charge in [0.1, 0.15) is 17.6 Å². The molecule has 54 heavy (non-hydrogen) atoms. The largest absolute Gasteiger partial charge is 0.483 e. The molecule has 2 aromatic carbocycles. The molecule has 0 saturated carbocycles. The lowest BCUT2D eigenvalue weighted by molar-refractivity contribution is -0.136. The molecular formula is C40H44BrN7O6. The van der Waals surface area contributed by atoms with Gasteiger partial charge in [-0.15, -0.1) is 0 Å². The number of piperidine rings is 2. The van der Waals surface area contributed by atoms with Gasteiger partial charge in [0, 0.05) is 54.8 Å². The third-order valence-corrected chi connectivity index (χ3v) is 11.1. The smallest absolute Gasteiger partial charge is 0.266 e. The average Bonchev–Trinajstić information content (AvgIpc) is 3.71. The van der Waals surface area contributed by atoms with E-state index in [9.17, 15) is 24.0 Å². The van der Waals surface area contributed by atoms with Gasteiger partial charge < -0.3 is 19.9 Å². The molecule has 4 aromatic rings. The topological polar surface area (TPSA) is 167 Å². The van der Waals surface area contributed by atoms with Crippen LogP contribution < -0.4 is 15.4 Å². The highest BCUT2D eigenvalue weighted by Gasteiger charge is 2.46. The standard InChI is InChI=1S/C40H44BrN7O6/c41-29-22-44-33(45-37(29)28-21-43-30-13-5-4-11-26(28)30)20-25-10-9-19-47(23-25)18-7-3-1-2-6-17-42-35(50)24-54-32-14-8-12-27-36(32)40(53)48(39(27)52)31-15-16-34(49)46-38(31)51/h4-5,8,11-14,21-22,25,31,43H,1-3,6-7,9-10,15-20,23-24H2,(H,42,50)(H,46,49,51)/t25-,31?/m1/s1. The molecule has 5 amide bonds. The molecule has 2 atom stereocenters. The number of fused-ring (bicyclic) bond motifs is 2. The fraction of sp³-hybridized carbons (Fsp3) is 0.425. The SMILES string of the molecule is O=C(COc1cccc2c1C(=O)N(C1CCC(=O)NC1=O)C2=O)NCCCCCCCN1CCC[C@H](Cc2ncc(Br)c(-c3c[nH]c4ccccc34)n2)C1. The Morgan fingerprint density at radius 3 is 2.67 bits per heavy atom. The predicted octanol–water partition coefficient (Wildman–Crippen LogP) is 5.19. The number of hydrogen-bond acceptors (Lipinski definition) is 9. The molecule has 2 saturated heterocycles. The first-order valence-electron chi connectivity index (χ1n) is 18.8. The number of likely N-dealkylation sites (tertiary alicyclic amines) is 1. The number of rotatable bonds is 15. The van der Waals surface area contributed by atoms with E-state index in [1.165, 1.54) is 25.0 Å². The van der Waals surface area contributed by atoms with Crippen molar-refractivity contribution in [3.05, 3.63) is 76.3 Å². The first-order valence-corrected chi connectivity index (χ1v) is 19.6. The Bertz CT molecular complexity index is 2070. The highest BCUT2D eigenvalue weighted by molar-refractivity contribution is 9.10. The number of carbonyl (C=O) groups is 5. The van der Waals surface area contributed by atoms with E-state index in [4.69, 9.17) is 9.72 Å². The maximum atomic E-state index is 13.2. The lowest BCUT2D eigenvalue weighted by Crippen LogP contribution is -2.54. The van der Waals surface area contributed by atoms with Crippen LogP contribution in [0.25, 0.3) is 22.2 Å². The molecule has 3 aliphatic heterocycles. The third kappa shape index (κ3) is 8.39. The Balaban J connectivity index is 0.784. The third-order valence-electron chi connectivity index (χ3n) is 10.5. The minimum absolute atomic E-state index is 0.0228. The minimum atomic E-state index is -1.07. The average molecular weight is 799 g/mol. The lowest BCUT2D eigenvalue weighted by atomic mass is 9.94. The van der Waals surface area contributed by atoms with Crippen molar-refractivity contribution in [3.8, 4) is 17.0 Å². The Kier molecular flexibility index (Phi) is 11.8. The van der Waals surface area contributed by atoms with Crippen LogP contribution in [0.3, 0.4) is 0 Å². The quantitative estimate of drug-likeness (QED) is 0.108. The zero-order valence-corrected chi connectivity index (χ0v) is 31.7. The number of amides is 5. The summed E-state index contributed by atoms with van der Waals surface area (Å²) in [5.41, 5.74) is 3.22. The number of unbranched alkanes of at least 4 members (excludes halogenated alkanes) is 4. The number of halogens is 1. The summed E-state index contributed by atoms with van der Waals surface area (Å²) in [6.45, 7) is 3.47. The number of nitrogens with zero attached hydrogens (tertiary/aromatic N) is 4. The highest BCUT2D eigenvalue weighted by Crippen LogP contribution is 2.34. The number of aromatic nitrogens is 3. The van der Waals surface area contributed by atoms with Gasteiger partial charge in [0.2, 0.25) is 11.8 Å². The molecule has 3 N–H and O–H groups in total. The number of imide groups is 2. The van der Waals surface area contributed by atoms with E-state index in [0.717, 1.165) is 95.5 Å². The van der Waals surface area contributed by atoms with Crippen molar-refractivity contribution >= 4 is 56.4 Å². The molecule has 0 spiro atoms. The lowest BCUT2D eigenvalue weighted by Gasteiger charge is -2.32. The van der Waals surface area contributed by atoms with E-state index in [-0.39, 0.29) is 42.2 Å². The number of para-hydroxylation sites is 1. The van der Waals surface area contributed by atoms with Crippen LogP contribution in [0.5, 0.6) is 5.75 Å². The molecule has 3 aliphatic rings.